The van der Waals surface area contributed by atoms with Gasteiger partial charge in [0, 0.05) is 63.8 Å². The van der Waals surface area contributed by atoms with Gasteiger partial charge in [-0.15, -0.1) is 0 Å². The van der Waals surface area contributed by atoms with Crippen molar-refractivity contribution in [3.63, 3.8) is 0 Å². The minimum atomic E-state index is -0.285. The van der Waals surface area contributed by atoms with Crippen molar-refractivity contribution in [2.45, 2.75) is 26.2 Å². The summed E-state index contributed by atoms with van der Waals surface area (Å²) in [4.78, 5) is 46.3. The van der Waals surface area contributed by atoms with Gasteiger partial charge in [-0.3, -0.25) is 14.4 Å². The average molecular weight is 413 g/mol. The predicted molar refractivity (Wildman–Crippen MR) is 115 cm³/mol. The molecule has 0 spiro atoms. The number of nitrogens with zero attached hydrogens (tertiary/aromatic N) is 4. The average Bonchev–Trinajstić information content (AvgIpc) is 3.20. The normalized spacial score (nSPS) is 23.8. The van der Waals surface area contributed by atoms with Gasteiger partial charge in [0.05, 0.1) is 5.92 Å². The van der Waals surface area contributed by atoms with Crippen LogP contribution in [0.3, 0.4) is 0 Å². The Morgan fingerprint density at radius 2 is 1.47 bits per heavy atom. The lowest BCUT2D eigenvalue weighted by Gasteiger charge is -2.38. The third-order valence-electron chi connectivity index (χ3n) is 6.83. The number of carbonyl (C=O) groups is 3. The van der Waals surface area contributed by atoms with E-state index < -0.39 is 0 Å². The van der Waals surface area contributed by atoms with E-state index in [1.165, 1.54) is 0 Å². The summed E-state index contributed by atoms with van der Waals surface area (Å²) in [5.74, 6) is 0.0598. The third-order valence-corrected chi connectivity index (χ3v) is 6.83. The van der Waals surface area contributed by atoms with Gasteiger partial charge in [-0.25, -0.2) is 0 Å². The molecule has 1 atom stereocenters. The molecule has 1 aromatic rings. The largest absolute Gasteiger partial charge is 0.342 e. The zero-order valence-electron chi connectivity index (χ0n) is 17.8. The minimum absolute atomic E-state index is 0.0100. The quantitative estimate of drug-likeness (QED) is 0.751. The molecule has 0 aromatic heterocycles. The number of hydrogen-bond donors (Lipinski definition) is 0. The standard InChI is InChI=1S/C23H32N4O3/c1-2-24-12-14-26(15-13-24)22(29)18-8-10-25(11-9-18)23(30)19-16-21(28)27(17-19)20-6-4-3-5-7-20/h3-7,18-19H,2,8-17H2,1H3. The third kappa shape index (κ3) is 4.36. The molecule has 0 saturated carbocycles. The number of carbonyl (C=O) groups excluding carboxylic acids is 3. The van der Waals surface area contributed by atoms with Gasteiger partial charge in [-0.2, -0.15) is 0 Å². The van der Waals surface area contributed by atoms with Crippen molar-refractivity contribution in [3.05, 3.63) is 30.3 Å². The van der Waals surface area contributed by atoms with Crippen molar-refractivity contribution in [1.82, 2.24) is 14.7 Å². The van der Waals surface area contributed by atoms with Crippen LogP contribution in [-0.4, -0.2) is 84.8 Å². The van der Waals surface area contributed by atoms with Crippen LogP contribution in [0.2, 0.25) is 0 Å². The second-order valence-corrected chi connectivity index (χ2v) is 8.60. The lowest BCUT2D eigenvalue weighted by Crippen LogP contribution is -2.52. The second-order valence-electron chi connectivity index (χ2n) is 8.60. The molecule has 1 aromatic carbocycles. The van der Waals surface area contributed by atoms with E-state index in [-0.39, 0.29) is 36.0 Å². The molecule has 1 unspecified atom stereocenters. The monoisotopic (exact) mass is 412 g/mol. The first-order valence-electron chi connectivity index (χ1n) is 11.2. The van der Waals surface area contributed by atoms with Gasteiger partial charge >= 0.3 is 0 Å². The van der Waals surface area contributed by atoms with Crippen LogP contribution in [0, 0.1) is 11.8 Å². The topological polar surface area (TPSA) is 64.2 Å². The van der Waals surface area contributed by atoms with Gasteiger partial charge in [0.15, 0.2) is 0 Å². The highest BCUT2D eigenvalue weighted by atomic mass is 16.2. The molecule has 162 valence electrons. The van der Waals surface area contributed by atoms with Gasteiger partial charge in [0.2, 0.25) is 17.7 Å². The van der Waals surface area contributed by atoms with Gasteiger partial charge < -0.3 is 19.6 Å². The molecule has 3 heterocycles. The Kier molecular flexibility index (Phi) is 6.37. The van der Waals surface area contributed by atoms with Gasteiger partial charge in [0.25, 0.3) is 0 Å². The Hall–Kier alpha value is -2.41. The molecule has 7 heteroatoms. The first kappa shape index (κ1) is 20.8. The van der Waals surface area contributed by atoms with Gasteiger partial charge in [-0.1, -0.05) is 25.1 Å². The summed E-state index contributed by atoms with van der Waals surface area (Å²) >= 11 is 0. The van der Waals surface area contributed by atoms with Gasteiger partial charge in [-0.05, 0) is 31.5 Å². The number of piperazine rings is 1. The van der Waals surface area contributed by atoms with E-state index in [9.17, 15) is 14.4 Å². The van der Waals surface area contributed by atoms with E-state index in [1.54, 1.807) is 4.90 Å². The first-order valence-corrected chi connectivity index (χ1v) is 11.2. The van der Waals surface area contributed by atoms with E-state index in [0.717, 1.165) is 51.3 Å². The van der Waals surface area contributed by atoms with Crippen LogP contribution < -0.4 is 4.90 Å². The molecule has 0 aliphatic carbocycles. The first-order chi connectivity index (χ1) is 14.6. The highest BCUT2D eigenvalue weighted by molar-refractivity contribution is 6.00. The van der Waals surface area contributed by atoms with E-state index in [1.807, 2.05) is 40.1 Å². The van der Waals surface area contributed by atoms with Crippen molar-refractivity contribution < 1.29 is 14.4 Å². The van der Waals surface area contributed by atoms with Crippen LogP contribution in [0.4, 0.5) is 5.69 Å². The molecule has 30 heavy (non-hydrogen) atoms. The number of anilines is 1. The van der Waals surface area contributed by atoms with Crippen molar-refractivity contribution in [2.24, 2.45) is 11.8 Å². The molecule has 0 radical (unpaired) electrons. The van der Waals surface area contributed by atoms with Crippen molar-refractivity contribution in [3.8, 4) is 0 Å². The molecular weight excluding hydrogens is 380 g/mol. The number of para-hydroxylation sites is 1. The zero-order valence-corrected chi connectivity index (χ0v) is 17.8. The maximum atomic E-state index is 13.0. The summed E-state index contributed by atoms with van der Waals surface area (Å²) in [5.41, 5.74) is 0.852. The number of piperidine rings is 1. The molecule has 3 aliphatic heterocycles. The van der Waals surface area contributed by atoms with E-state index in [2.05, 4.69) is 11.8 Å². The fraction of sp³-hybridized carbons (Fsp3) is 0.609. The molecule has 3 amide bonds. The molecule has 4 rings (SSSR count). The summed E-state index contributed by atoms with van der Waals surface area (Å²) < 4.78 is 0. The zero-order chi connectivity index (χ0) is 21.1. The van der Waals surface area contributed by atoms with Crippen molar-refractivity contribution in [2.75, 3.05) is 57.3 Å². The molecule has 3 fully saturated rings. The number of hydrogen-bond acceptors (Lipinski definition) is 4. The molecule has 3 aliphatic rings. The van der Waals surface area contributed by atoms with Crippen LogP contribution in [0.15, 0.2) is 30.3 Å². The Morgan fingerprint density at radius 1 is 0.867 bits per heavy atom. The SMILES string of the molecule is CCN1CCN(C(=O)C2CCN(C(=O)C3CC(=O)N(c4ccccc4)C3)CC2)CC1. The summed E-state index contributed by atoms with van der Waals surface area (Å²) in [6.07, 6.45) is 1.72. The highest BCUT2D eigenvalue weighted by Gasteiger charge is 2.39. The second kappa shape index (κ2) is 9.16. The Balaban J connectivity index is 1.27. The van der Waals surface area contributed by atoms with Crippen LogP contribution in [0.5, 0.6) is 0 Å². The molecule has 0 N–H and O–H groups in total. The number of rotatable bonds is 4. The number of benzene rings is 1. The summed E-state index contributed by atoms with van der Waals surface area (Å²) in [7, 11) is 0. The summed E-state index contributed by atoms with van der Waals surface area (Å²) in [6.45, 7) is 8.38. The maximum absolute atomic E-state index is 13.0. The highest BCUT2D eigenvalue weighted by Crippen LogP contribution is 2.28. The van der Waals surface area contributed by atoms with Crippen LogP contribution in [0.1, 0.15) is 26.2 Å². The maximum Gasteiger partial charge on any atom is 0.228 e. The lowest BCUT2D eigenvalue weighted by atomic mass is 9.93. The molecule has 0 bridgehead atoms. The smallest absolute Gasteiger partial charge is 0.228 e. The van der Waals surface area contributed by atoms with E-state index in [4.69, 9.17) is 0 Å². The Morgan fingerprint density at radius 3 is 2.10 bits per heavy atom. The van der Waals surface area contributed by atoms with Crippen LogP contribution in [0.25, 0.3) is 0 Å². The van der Waals surface area contributed by atoms with E-state index >= 15 is 0 Å². The van der Waals surface area contributed by atoms with E-state index in [0.29, 0.717) is 19.6 Å². The minimum Gasteiger partial charge on any atom is -0.342 e. The molecule has 3 saturated heterocycles. The van der Waals surface area contributed by atoms with Crippen molar-refractivity contribution in [1.29, 1.82) is 0 Å². The van der Waals surface area contributed by atoms with Crippen LogP contribution in [-0.2, 0) is 14.4 Å². The number of amides is 3. The Labute approximate surface area is 178 Å². The molecular formula is C23H32N4O3. The number of likely N-dealkylation sites (tertiary alicyclic amines) is 1. The molecule has 7 nitrogen and oxygen atoms in total. The fourth-order valence-electron chi connectivity index (χ4n) is 4.88. The predicted octanol–water partition coefficient (Wildman–Crippen LogP) is 1.44. The van der Waals surface area contributed by atoms with Crippen molar-refractivity contribution >= 4 is 23.4 Å². The lowest BCUT2D eigenvalue weighted by molar-refractivity contribution is -0.143. The summed E-state index contributed by atoms with van der Waals surface area (Å²) in [5, 5.41) is 0. The number of likely N-dealkylation sites (N-methyl/N-ethyl adjacent to an activating group) is 1. The van der Waals surface area contributed by atoms with Crippen LogP contribution >= 0.6 is 0 Å². The van der Waals surface area contributed by atoms with Gasteiger partial charge in [0.1, 0.15) is 0 Å². The summed E-state index contributed by atoms with van der Waals surface area (Å²) in [6, 6.07) is 9.54. The fourth-order valence-corrected chi connectivity index (χ4v) is 4.88. The Bertz CT molecular complexity index is 768.